The van der Waals surface area contributed by atoms with Gasteiger partial charge in [-0.2, -0.15) is 11.8 Å². The predicted molar refractivity (Wildman–Crippen MR) is 78.0 cm³/mol. The molecule has 2 aliphatic rings. The number of carbonyl (C=O) groups excluding carboxylic acids is 2. The van der Waals surface area contributed by atoms with Crippen molar-refractivity contribution in [2.24, 2.45) is 11.8 Å². The first kappa shape index (κ1) is 14.7. The Hall–Kier alpha value is -0.710. The van der Waals surface area contributed by atoms with Crippen LogP contribution in [0.5, 0.6) is 0 Å². The molecule has 0 spiro atoms. The van der Waals surface area contributed by atoms with Gasteiger partial charge in [0, 0.05) is 6.54 Å². The Morgan fingerprint density at radius 2 is 2.11 bits per heavy atom. The summed E-state index contributed by atoms with van der Waals surface area (Å²) in [6.07, 6.45) is 1.15. The topological polar surface area (TPSA) is 49.4 Å². The Labute approximate surface area is 119 Å². The number of hydrogen-bond donors (Lipinski definition) is 1. The van der Waals surface area contributed by atoms with Crippen molar-refractivity contribution >= 4 is 23.6 Å². The number of amides is 2. The van der Waals surface area contributed by atoms with Gasteiger partial charge in [0.15, 0.2) is 0 Å². The Morgan fingerprint density at radius 3 is 2.63 bits per heavy atom. The second-order valence-corrected chi connectivity index (χ2v) is 7.64. The zero-order valence-electron chi connectivity index (χ0n) is 12.2. The summed E-state index contributed by atoms with van der Waals surface area (Å²) in [5.41, 5.74) is -0.770. The average Bonchev–Trinajstić information content (AvgIpc) is 2.77. The van der Waals surface area contributed by atoms with E-state index in [9.17, 15) is 9.59 Å². The maximum Gasteiger partial charge on any atom is 0.248 e. The lowest BCUT2D eigenvalue weighted by Gasteiger charge is -2.45. The molecule has 0 aromatic rings. The Morgan fingerprint density at radius 1 is 1.42 bits per heavy atom. The van der Waals surface area contributed by atoms with Crippen molar-refractivity contribution in [3.63, 3.8) is 0 Å². The van der Waals surface area contributed by atoms with Gasteiger partial charge in [-0.25, -0.2) is 0 Å². The van der Waals surface area contributed by atoms with Crippen molar-refractivity contribution in [3.05, 3.63) is 0 Å². The van der Waals surface area contributed by atoms with Crippen molar-refractivity contribution < 1.29 is 9.59 Å². The summed E-state index contributed by atoms with van der Waals surface area (Å²) < 4.78 is 0. The van der Waals surface area contributed by atoms with Crippen LogP contribution in [0.3, 0.4) is 0 Å². The van der Waals surface area contributed by atoms with Crippen molar-refractivity contribution in [2.75, 3.05) is 18.1 Å². The van der Waals surface area contributed by atoms with E-state index in [1.807, 2.05) is 30.5 Å². The first-order valence-electron chi connectivity index (χ1n) is 7.04. The van der Waals surface area contributed by atoms with E-state index in [1.54, 1.807) is 13.8 Å². The van der Waals surface area contributed by atoms with Crippen LogP contribution in [-0.2, 0) is 9.59 Å². The summed E-state index contributed by atoms with van der Waals surface area (Å²) in [6.45, 7) is 8.32. The highest BCUT2D eigenvalue weighted by Crippen LogP contribution is 2.29. The number of thioether (sulfide) groups is 1. The molecule has 5 heteroatoms. The zero-order valence-corrected chi connectivity index (χ0v) is 13.0. The minimum Gasteiger partial charge on any atom is -0.340 e. The highest BCUT2D eigenvalue weighted by molar-refractivity contribution is 7.99. The molecule has 2 heterocycles. The zero-order chi connectivity index (χ0) is 14.2. The molecule has 2 amide bonds. The molecule has 2 fully saturated rings. The third-order valence-electron chi connectivity index (χ3n) is 3.95. The molecule has 0 aromatic heterocycles. The van der Waals surface area contributed by atoms with E-state index in [1.165, 1.54) is 5.75 Å². The molecule has 2 atom stereocenters. The molecule has 4 nitrogen and oxygen atoms in total. The maximum absolute atomic E-state index is 12.6. The summed E-state index contributed by atoms with van der Waals surface area (Å²) in [6, 6.07) is -0.314. The summed E-state index contributed by atoms with van der Waals surface area (Å²) in [5, 5.41) is 2.86. The van der Waals surface area contributed by atoms with E-state index in [4.69, 9.17) is 0 Å². The third-order valence-corrected chi connectivity index (χ3v) is 5.18. The highest BCUT2D eigenvalue weighted by atomic mass is 32.2. The van der Waals surface area contributed by atoms with Gasteiger partial charge in [0.1, 0.15) is 11.6 Å². The van der Waals surface area contributed by atoms with Crippen LogP contribution in [0.4, 0.5) is 0 Å². The molecule has 108 valence electrons. The van der Waals surface area contributed by atoms with Crippen LogP contribution in [-0.4, -0.2) is 46.3 Å². The smallest absolute Gasteiger partial charge is 0.248 e. The van der Waals surface area contributed by atoms with Gasteiger partial charge < -0.3 is 10.2 Å². The molecule has 19 heavy (non-hydrogen) atoms. The van der Waals surface area contributed by atoms with Gasteiger partial charge in [0.2, 0.25) is 11.8 Å². The van der Waals surface area contributed by atoms with Crippen LogP contribution < -0.4 is 5.32 Å². The summed E-state index contributed by atoms with van der Waals surface area (Å²) >= 11 is 1.94. The van der Waals surface area contributed by atoms with E-state index in [0.29, 0.717) is 5.92 Å². The molecule has 0 aliphatic carbocycles. The van der Waals surface area contributed by atoms with Crippen molar-refractivity contribution in [1.82, 2.24) is 10.2 Å². The largest absolute Gasteiger partial charge is 0.340 e. The van der Waals surface area contributed by atoms with Gasteiger partial charge in [-0.05, 0) is 43.6 Å². The number of nitrogens with zero attached hydrogens (tertiary/aromatic N) is 1. The van der Waals surface area contributed by atoms with Gasteiger partial charge in [0.25, 0.3) is 0 Å². The molecule has 2 rings (SSSR count). The van der Waals surface area contributed by atoms with Gasteiger partial charge in [-0.15, -0.1) is 0 Å². The molecular formula is C14H24N2O2S. The van der Waals surface area contributed by atoms with Crippen LogP contribution in [0.2, 0.25) is 0 Å². The number of hydrogen-bond acceptors (Lipinski definition) is 3. The molecule has 0 bridgehead atoms. The molecule has 0 saturated carbocycles. The fourth-order valence-corrected chi connectivity index (χ4v) is 4.20. The number of rotatable bonds is 3. The summed E-state index contributed by atoms with van der Waals surface area (Å²) in [4.78, 5) is 26.7. The quantitative estimate of drug-likeness (QED) is 0.854. The number of piperazine rings is 1. The van der Waals surface area contributed by atoms with E-state index in [-0.39, 0.29) is 23.8 Å². The predicted octanol–water partition coefficient (Wildman–Crippen LogP) is 1.50. The maximum atomic E-state index is 12.6. The molecule has 2 saturated heterocycles. The monoisotopic (exact) mass is 284 g/mol. The fourth-order valence-electron chi connectivity index (χ4n) is 2.93. The van der Waals surface area contributed by atoms with Gasteiger partial charge in [0.05, 0.1) is 0 Å². The highest BCUT2D eigenvalue weighted by Gasteiger charge is 2.46. The van der Waals surface area contributed by atoms with Crippen molar-refractivity contribution in [2.45, 2.75) is 45.7 Å². The van der Waals surface area contributed by atoms with E-state index >= 15 is 0 Å². The van der Waals surface area contributed by atoms with Crippen LogP contribution in [0.1, 0.15) is 34.1 Å². The number of nitrogens with one attached hydrogen (secondary N) is 1. The van der Waals surface area contributed by atoms with E-state index in [2.05, 4.69) is 5.32 Å². The molecule has 1 N–H and O–H groups in total. The lowest BCUT2D eigenvalue weighted by molar-refractivity contribution is -0.156. The molecule has 0 aromatic carbocycles. The Kier molecular flexibility index (Phi) is 4.14. The Bertz CT molecular complexity index is 376. The molecule has 2 aliphatic heterocycles. The van der Waals surface area contributed by atoms with Gasteiger partial charge >= 0.3 is 0 Å². The number of carbonyl (C=O) groups is 2. The first-order chi connectivity index (χ1) is 8.83. The minimum absolute atomic E-state index is 0.00903. The standard InChI is InChI=1S/C14H24N2O2S/c1-9(2)11-12(17)15-14(3,4)13(18)16(11)7-10-5-6-19-8-10/h9-11H,5-8H2,1-4H3,(H,15,17). The van der Waals surface area contributed by atoms with Gasteiger partial charge in [-0.1, -0.05) is 13.8 Å². The van der Waals surface area contributed by atoms with Crippen molar-refractivity contribution in [1.29, 1.82) is 0 Å². The summed E-state index contributed by atoms with van der Waals surface area (Å²) in [5.74, 6) is 3.02. The second kappa shape index (κ2) is 5.35. The minimum atomic E-state index is -0.770. The van der Waals surface area contributed by atoms with E-state index < -0.39 is 5.54 Å². The molecular weight excluding hydrogens is 260 g/mol. The first-order valence-corrected chi connectivity index (χ1v) is 8.19. The SMILES string of the molecule is CC(C)C1C(=O)NC(C)(C)C(=O)N1CC1CCSC1. The van der Waals surface area contributed by atoms with Crippen LogP contribution in [0.15, 0.2) is 0 Å². The Balaban J connectivity index is 2.20. The lowest BCUT2D eigenvalue weighted by Crippen LogP contribution is -2.69. The third kappa shape index (κ3) is 2.91. The van der Waals surface area contributed by atoms with Crippen LogP contribution in [0, 0.1) is 11.8 Å². The fraction of sp³-hybridized carbons (Fsp3) is 0.857. The van der Waals surface area contributed by atoms with Crippen molar-refractivity contribution in [3.8, 4) is 0 Å². The lowest BCUT2D eigenvalue weighted by atomic mass is 9.90. The molecule has 0 radical (unpaired) electrons. The van der Waals surface area contributed by atoms with Crippen LogP contribution >= 0.6 is 11.8 Å². The molecule has 2 unspecified atom stereocenters. The van der Waals surface area contributed by atoms with Gasteiger partial charge in [-0.3, -0.25) is 9.59 Å². The normalized spacial score (nSPS) is 30.9. The average molecular weight is 284 g/mol. The second-order valence-electron chi connectivity index (χ2n) is 6.49. The summed E-state index contributed by atoms with van der Waals surface area (Å²) in [7, 11) is 0. The van der Waals surface area contributed by atoms with Crippen LogP contribution in [0.25, 0.3) is 0 Å². The van der Waals surface area contributed by atoms with E-state index in [0.717, 1.165) is 18.7 Å².